The molecule has 0 fully saturated rings. The number of thiophene rings is 1. The highest BCUT2D eigenvalue weighted by molar-refractivity contribution is 7.13. The first kappa shape index (κ1) is 19.8. The van der Waals surface area contributed by atoms with E-state index in [9.17, 15) is 9.59 Å². The third-order valence-corrected chi connectivity index (χ3v) is 5.36. The van der Waals surface area contributed by atoms with Crippen LogP contribution in [0, 0.1) is 5.92 Å². The van der Waals surface area contributed by atoms with Crippen LogP contribution in [0.25, 0.3) is 16.3 Å². The van der Waals surface area contributed by atoms with E-state index in [0.717, 1.165) is 10.6 Å². The van der Waals surface area contributed by atoms with E-state index in [-0.39, 0.29) is 11.9 Å². The van der Waals surface area contributed by atoms with Gasteiger partial charge in [0.2, 0.25) is 0 Å². The van der Waals surface area contributed by atoms with Gasteiger partial charge in [-0.3, -0.25) is 9.59 Å². The number of carbonyl (C=O) groups is 2. The zero-order chi connectivity index (χ0) is 20.1. The second-order valence-electron chi connectivity index (χ2n) is 6.42. The van der Waals surface area contributed by atoms with E-state index in [1.807, 2.05) is 54.8 Å². The molecule has 1 atom stereocenters. The fraction of sp³-hybridized carbons (Fsp3) is 0.286. The predicted octanol–water partition coefficient (Wildman–Crippen LogP) is 3.87. The lowest BCUT2D eigenvalue weighted by molar-refractivity contribution is -0.145. The van der Waals surface area contributed by atoms with Crippen molar-refractivity contribution in [3.63, 3.8) is 0 Å². The molecule has 2 aromatic heterocycles. The van der Waals surface area contributed by atoms with Gasteiger partial charge in [0.15, 0.2) is 0 Å². The van der Waals surface area contributed by atoms with Crippen molar-refractivity contribution in [2.45, 2.75) is 13.8 Å². The molecule has 3 aromatic rings. The number of benzene rings is 1. The lowest BCUT2D eigenvalue weighted by Gasteiger charge is -2.23. The number of hydrogen-bond donors (Lipinski definition) is 0. The second kappa shape index (κ2) is 8.84. The number of para-hydroxylation sites is 1. The zero-order valence-electron chi connectivity index (χ0n) is 16.2. The quantitative estimate of drug-likeness (QED) is 0.568. The Balaban J connectivity index is 1.98. The average molecular weight is 398 g/mol. The molecule has 7 heteroatoms. The maximum atomic E-state index is 13.3. The van der Waals surface area contributed by atoms with E-state index in [1.54, 1.807) is 22.7 Å². The molecule has 1 amide bonds. The Morgan fingerprint density at radius 2 is 1.96 bits per heavy atom. The van der Waals surface area contributed by atoms with Crippen LogP contribution >= 0.6 is 11.3 Å². The first-order chi connectivity index (χ1) is 13.5. The van der Waals surface area contributed by atoms with Gasteiger partial charge in [0.05, 0.1) is 29.2 Å². The van der Waals surface area contributed by atoms with Crippen molar-refractivity contribution in [2.75, 3.05) is 20.2 Å². The minimum absolute atomic E-state index is 0.149. The Hall–Kier alpha value is -2.93. The van der Waals surface area contributed by atoms with Gasteiger partial charge in [-0.05, 0) is 30.5 Å². The van der Waals surface area contributed by atoms with Gasteiger partial charge in [-0.2, -0.15) is 5.10 Å². The van der Waals surface area contributed by atoms with Crippen LogP contribution in [0.5, 0.6) is 0 Å². The summed E-state index contributed by atoms with van der Waals surface area (Å²) in [5.41, 5.74) is 2.04. The number of aromatic nitrogens is 2. The Kier molecular flexibility index (Phi) is 6.26. The van der Waals surface area contributed by atoms with Crippen LogP contribution in [0.4, 0.5) is 0 Å². The number of hydrogen-bond acceptors (Lipinski definition) is 5. The highest BCUT2D eigenvalue weighted by Gasteiger charge is 2.26. The summed E-state index contributed by atoms with van der Waals surface area (Å²) in [6.07, 6.45) is 1.76. The van der Waals surface area contributed by atoms with Gasteiger partial charge < -0.3 is 9.64 Å². The number of carbonyl (C=O) groups excluding carboxylic acids is 2. The molecule has 0 saturated heterocycles. The topological polar surface area (TPSA) is 64.4 Å². The Labute approximate surface area is 168 Å². The minimum atomic E-state index is -0.400. The fourth-order valence-corrected chi connectivity index (χ4v) is 3.69. The zero-order valence-corrected chi connectivity index (χ0v) is 17.0. The molecule has 3 rings (SSSR count). The second-order valence-corrected chi connectivity index (χ2v) is 7.36. The third-order valence-electron chi connectivity index (χ3n) is 4.49. The summed E-state index contributed by atoms with van der Waals surface area (Å²) < 4.78 is 6.52. The maximum Gasteiger partial charge on any atom is 0.310 e. The van der Waals surface area contributed by atoms with E-state index < -0.39 is 5.92 Å². The smallest absolute Gasteiger partial charge is 0.310 e. The van der Waals surface area contributed by atoms with Crippen molar-refractivity contribution in [2.24, 2.45) is 5.92 Å². The molecule has 1 aromatic carbocycles. The molecule has 0 bridgehead atoms. The number of amides is 1. The Bertz CT molecular complexity index is 935. The number of esters is 1. The molecule has 0 aliphatic carbocycles. The Morgan fingerprint density at radius 3 is 2.57 bits per heavy atom. The van der Waals surface area contributed by atoms with E-state index in [2.05, 4.69) is 5.10 Å². The Morgan fingerprint density at radius 1 is 1.21 bits per heavy atom. The number of methoxy groups -OCH3 is 1. The normalized spacial score (nSPS) is 11.8. The number of ether oxygens (including phenoxy) is 1. The van der Waals surface area contributed by atoms with Gasteiger partial charge in [-0.25, -0.2) is 4.68 Å². The summed E-state index contributed by atoms with van der Waals surface area (Å²) in [6, 6.07) is 13.6. The molecule has 0 N–H and O–H groups in total. The molecular formula is C21H23N3O3S. The summed E-state index contributed by atoms with van der Waals surface area (Å²) in [7, 11) is 1.36. The SMILES string of the molecule is CCN(CC(C)C(=O)OC)C(=O)c1cn(-c2ccccc2)nc1-c1cccs1. The number of rotatable bonds is 7. The first-order valence-corrected chi connectivity index (χ1v) is 9.99. The van der Waals surface area contributed by atoms with Gasteiger partial charge in [-0.15, -0.1) is 11.3 Å². The summed E-state index contributed by atoms with van der Waals surface area (Å²) in [6.45, 7) is 4.44. The molecule has 0 spiro atoms. The lowest BCUT2D eigenvalue weighted by Crippen LogP contribution is -2.37. The van der Waals surface area contributed by atoms with Crippen LogP contribution in [-0.4, -0.2) is 46.8 Å². The van der Waals surface area contributed by atoms with Crippen molar-refractivity contribution < 1.29 is 14.3 Å². The number of nitrogens with zero attached hydrogens (tertiary/aromatic N) is 3. The molecular weight excluding hydrogens is 374 g/mol. The average Bonchev–Trinajstić information content (AvgIpc) is 3.41. The summed E-state index contributed by atoms with van der Waals surface area (Å²) in [4.78, 5) is 27.7. The molecule has 0 radical (unpaired) electrons. The summed E-state index contributed by atoms with van der Waals surface area (Å²) >= 11 is 1.54. The molecule has 0 saturated carbocycles. The van der Waals surface area contributed by atoms with Crippen LogP contribution < -0.4 is 0 Å². The summed E-state index contributed by atoms with van der Waals surface area (Å²) in [5, 5.41) is 6.64. The van der Waals surface area contributed by atoms with E-state index in [4.69, 9.17) is 4.74 Å². The van der Waals surface area contributed by atoms with Crippen LogP contribution in [-0.2, 0) is 9.53 Å². The first-order valence-electron chi connectivity index (χ1n) is 9.11. The van der Waals surface area contributed by atoms with Crippen molar-refractivity contribution in [3.05, 3.63) is 59.6 Å². The van der Waals surface area contributed by atoms with Crippen molar-refractivity contribution in [1.29, 1.82) is 0 Å². The minimum Gasteiger partial charge on any atom is -0.469 e. The van der Waals surface area contributed by atoms with E-state index in [1.165, 1.54) is 18.4 Å². The van der Waals surface area contributed by atoms with Crippen LogP contribution in [0.2, 0.25) is 0 Å². The van der Waals surface area contributed by atoms with Gasteiger partial charge in [-0.1, -0.05) is 31.2 Å². The van der Waals surface area contributed by atoms with E-state index >= 15 is 0 Å². The van der Waals surface area contributed by atoms with Crippen molar-refractivity contribution in [1.82, 2.24) is 14.7 Å². The molecule has 2 heterocycles. The van der Waals surface area contributed by atoms with Crippen LogP contribution in [0.1, 0.15) is 24.2 Å². The predicted molar refractivity (Wildman–Crippen MR) is 110 cm³/mol. The molecule has 0 aliphatic rings. The fourth-order valence-electron chi connectivity index (χ4n) is 2.97. The van der Waals surface area contributed by atoms with Crippen molar-refractivity contribution in [3.8, 4) is 16.3 Å². The molecule has 28 heavy (non-hydrogen) atoms. The van der Waals surface area contributed by atoms with Gasteiger partial charge >= 0.3 is 5.97 Å². The molecule has 1 unspecified atom stereocenters. The summed E-state index contributed by atoms with van der Waals surface area (Å²) in [5.74, 6) is -0.878. The highest BCUT2D eigenvalue weighted by Crippen LogP contribution is 2.29. The maximum absolute atomic E-state index is 13.3. The van der Waals surface area contributed by atoms with Crippen LogP contribution in [0.3, 0.4) is 0 Å². The van der Waals surface area contributed by atoms with Crippen LogP contribution in [0.15, 0.2) is 54.0 Å². The highest BCUT2D eigenvalue weighted by atomic mass is 32.1. The van der Waals surface area contributed by atoms with Gasteiger partial charge in [0.1, 0.15) is 5.69 Å². The molecule has 146 valence electrons. The van der Waals surface area contributed by atoms with Gasteiger partial charge in [0.25, 0.3) is 5.91 Å². The third kappa shape index (κ3) is 4.14. The lowest BCUT2D eigenvalue weighted by atomic mass is 10.1. The monoisotopic (exact) mass is 397 g/mol. The molecule has 6 nitrogen and oxygen atoms in total. The molecule has 0 aliphatic heterocycles. The van der Waals surface area contributed by atoms with Crippen molar-refractivity contribution >= 4 is 23.2 Å². The van der Waals surface area contributed by atoms with E-state index in [0.29, 0.717) is 24.3 Å². The largest absolute Gasteiger partial charge is 0.469 e. The van der Waals surface area contributed by atoms with Gasteiger partial charge in [0, 0.05) is 19.3 Å². The standard InChI is InChI=1S/C21H23N3O3S/c1-4-23(13-15(2)21(26)27-3)20(25)17-14-24(16-9-6-5-7-10-16)22-19(17)18-11-8-12-28-18/h5-12,14-15H,4,13H2,1-3H3.